The lowest BCUT2D eigenvalue weighted by atomic mass is 9.83. The molecule has 2 unspecified atom stereocenters. The predicted molar refractivity (Wildman–Crippen MR) is 83.5 cm³/mol. The summed E-state index contributed by atoms with van der Waals surface area (Å²) >= 11 is 3.32. The van der Waals surface area contributed by atoms with Crippen LogP contribution in [0.1, 0.15) is 36.0 Å². The molecule has 2 rings (SSSR count). The van der Waals surface area contributed by atoms with Gasteiger partial charge in [0.1, 0.15) is 9.84 Å². The van der Waals surface area contributed by atoms with Crippen LogP contribution in [0.15, 0.2) is 22.7 Å². The molecule has 0 heterocycles. The van der Waals surface area contributed by atoms with Gasteiger partial charge in [0, 0.05) is 27.9 Å². The van der Waals surface area contributed by atoms with Crippen molar-refractivity contribution in [3.8, 4) is 0 Å². The Hall–Kier alpha value is -0.880. The van der Waals surface area contributed by atoms with Crippen molar-refractivity contribution < 1.29 is 13.2 Å². The third kappa shape index (κ3) is 3.61. The number of halogens is 1. The number of rotatable bonds is 3. The first-order valence-electron chi connectivity index (χ1n) is 6.56. The van der Waals surface area contributed by atoms with E-state index < -0.39 is 15.1 Å². The maximum Gasteiger partial charge on any atom is 0.166 e. The summed E-state index contributed by atoms with van der Waals surface area (Å²) in [7, 11) is -3.08. The minimum absolute atomic E-state index is 0.00801. The fourth-order valence-corrected chi connectivity index (χ4v) is 4.45. The molecule has 1 fully saturated rings. The van der Waals surface area contributed by atoms with Crippen molar-refractivity contribution in [2.24, 2.45) is 5.92 Å². The van der Waals surface area contributed by atoms with Crippen LogP contribution in [0.4, 0.5) is 5.69 Å². The van der Waals surface area contributed by atoms with Crippen LogP contribution in [0.25, 0.3) is 0 Å². The molecule has 0 aromatic heterocycles. The van der Waals surface area contributed by atoms with Crippen LogP contribution in [0.2, 0.25) is 0 Å². The highest BCUT2D eigenvalue weighted by molar-refractivity contribution is 9.10. The average molecular weight is 360 g/mol. The van der Waals surface area contributed by atoms with E-state index in [9.17, 15) is 13.2 Å². The molecule has 1 aliphatic rings. The Bertz CT molecular complexity index is 607. The molecule has 0 radical (unpaired) electrons. The minimum atomic E-state index is -3.08. The molecule has 1 aromatic carbocycles. The molecule has 2 N–H and O–H groups in total. The molecule has 4 nitrogen and oxygen atoms in total. The van der Waals surface area contributed by atoms with E-state index >= 15 is 0 Å². The second-order valence-corrected chi connectivity index (χ2v) is 8.69. The predicted octanol–water partition coefficient (Wildman–Crippen LogP) is 2.82. The number of anilines is 1. The van der Waals surface area contributed by atoms with Crippen LogP contribution >= 0.6 is 15.9 Å². The number of sulfone groups is 1. The number of carbonyl (C=O) groups is 1. The molecule has 2 atom stereocenters. The molecule has 0 bridgehead atoms. The summed E-state index contributed by atoms with van der Waals surface area (Å²) in [6.07, 6.45) is 3.85. The Morgan fingerprint density at radius 3 is 2.60 bits per heavy atom. The highest BCUT2D eigenvalue weighted by Gasteiger charge is 2.32. The molecular formula is C14H18BrNO3S. The maximum atomic E-state index is 12.5. The fraction of sp³-hybridized carbons (Fsp3) is 0.500. The quantitative estimate of drug-likeness (QED) is 0.664. The van der Waals surface area contributed by atoms with Gasteiger partial charge < -0.3 is 5.73 Å². The van der Waals surface area contributed by atoms with E-state index in [1.165, 1.54) is 6.26 Å². The van der Waals surface area contributed by atoms with E-state index in [2.05, 4.69) is 15.9 Å². The first-order chi connectivity index (χ1) is 9.27. The van der Waals surface area contributed by atoms with E-state index in [1.54, 1.807) is 18.2 Å². The third-order valence-corrected chi connectivity index (χ3v) is 5.90. The Balaban J connectivity index is 2.20. The lowest BCUT2D eigenvalue weighted by molar-refractivity contribution is 0.0891. The van der Waals surface area contributed by atoms with Crippen molar-refractivity contribution in [1.29, 1.82) is 0 Å². The zero-order valence-electron chi connectivity index (χ0n) is 11.3. The van der Waals surface area contributed by atoms with Crippen LogP contribution < -0.4 is 5.73 Å². The van der Waals surface area contributed by atoms with Crippen molar-refractivity contribution in [2.75, 3.05) is 12.0 Å². The normalized spacial score (nSPS) is 23.5. The molecule has 1 aromatic rings. The highest BCUT2D eigenvalue weighted by Crippen LogP contribution is 2.31. The van der Waals surface area contributed by atoms with Gasteiger partial charge in [-0.25, -0.2) is 8.42 Å². The summed E-state index contributed by atoms with van der Waals surface area (Å²) in [5.41, 5.74) is 6.82. The zero-order chi connectivity index (χ0) is 14.9. The number of hydrogen-bond donors (Lipinski definition) is 1. The summed E-state index contributed by atoms with van der Waals surface area (Å²) in [6.45, 7) is 0. The number of ketones is 1. The monoisotopic (exact) mass is 359 g/mol. The molecule has 0 amide bonds. The van der Waals surface area contributed by atoms with Crippen molar-refractivity contribution in [1.82, 2.24) is 0 Å². The van der Waals surface area contributed by atoms with Crippen LogP contribution in [-0.2, 0) is 9.84 Å². The SMILES string of the molecule is CS(=O)(=O)C1CCCC(C(=O)c2cc(N)cc(Br)c2)C1. The van der Waals surface area contributed by atoms with Crippen LogP contribution in [0, 0.1) is 5.92 Å². The molecule has 1 saturated carbocycles. The summed E-state index contributed by atoms with van der Waals surface area (Å²) < 4.78 is 24.1. The van der Waals surface area contributed by atoms with E-state index in [-0.39, 0.29) is 11.7 Å². The topological polar surface area (TPSA) is 77.2 Å². The lowest BCUT2D eigenvalue weighted by Gasteiger charge is -2.27. The lowest BCUT2D eigenvalue weighted by Crippen LogP contribution is -2.31. The second kappa shape index (κ2) is 5.85. The summed E-state index contributed by atoms with van der Waals surface area (Å²) in [5, 5.41) is -0.394. The molecule has 0 saturated heterocycles. The van der Waals surface area contributed by atoms with Gasteiger partial charge in [-0.3, -0.25) is 4.79 Å². The minimum Gasteiger partial charge on any atom is -0.399 e. The molecule has 1 aliphatic carbocycles. The molecule has 6 heteroatoms. The van der Waals surface area contributed by atoms with Crippen molar-refractivity contribution in [2.45, 2.75) is 30.9 Å². The molecular weight excluding hydrogens is 342 g/mol. The number of nitrogen functional groups attached to an aromatic ring is 1. The van der Waals surface area contributed by atoms with Crippen molar-refractivity contribution in [3.63, 3.8) is 0 Å². The maximum absolute atomic E-state index is 12.5. The van der Waals surface area contributed by atoms with Crippen molar-refractivity contribution >= 4 is 37.2 Å². The molecule has 20 heavy (non-hydrogen) atoms. The second-order valence-electron chi connectivity index (χ2n) is 5.45. The van der Waals surface area contributed by atoms with E-state index in [0.29, 0.717) is 24.1 Å². The standard InChI is InChI=1S/C14H18BrNO3S/c1-20(18,19)13-4-2-3-9(7-13)14(17)10-5-11(15)8-12(16)6-10/h5-6,8-9,13H,2-4,7,16H2,1H3. The third-order valence-electron chi connectivity index (χ3n) is 3.81. The van der Waals surface area contributed by atoms with Crippen LogP contribution in [0.3, 0.4) is 0 Å². The molecule has 110 valence electrons. The van der Waals surface area contributed by atoms with Gasteiger partial charge in [-0.2, -0.15) is 0 Å². The summed E-state index contributed by atoms with van der Waals surface area (Å²) in [5.74, 6) is -0.233. The Morgan fingerprint density at radius 2 is 2.00 bits per heavy atom. The van der Waals surface area contributed by atoms with Gasteiger partial charge in [0.2, 0.25) is 0 Å². The van der Waals surface area contributed by atoms with E-state index in [0.717, 1.165) is 17.3 Å². The molecule has 0 aliphatic heterocycles. The summed E-state index contributed by atoms with van der Waals surface area (Å²) in [6, 6.07) is 5.12. The van der Waals surface area contributed by atoms with Gasteiger partial charge in [-0.05, 0) is 37.5 Å². The molecule has 0 spiro atoms. The first kappa shape index (κ1) is 15.5. The van der Waals surface area contributed by atoms with Gasteiger partial charge in [0.15, 0.2) is 5.78 Å². The van der Waals surface area contributed by atoms with Gasteiger partial charge in [-0.1, -0.05) is 22.4 Å². The van der Waals surface area contributed by atoms with Gasteiger partial charge in [0.25, 0.3) is 0 Å². The number of Topliss-reactive ketones (excluding diaryl/α,β-unsaturated/α-hetero) is 1. The Kier molecular flexibility index (Phi) is 4.54. The van der Waals surface area contributed by atoms with Crippen molar-refractivity contribution in [3.05, 3.63) is 28.2 Å². The number of benzene rings is 1. The first-order valence-corrected chi connectivity index (χ1v) is 9.31. The van der Waals surface area contributed by atoms with Gasteiger partial charge >= 0.3 is 0 Å². The average Bonchev–Trinajstić information content (AvgIpc) is 2.36. The number of hydrogen-bond acceptors (Lipinski definition) is 4. The van der Waals surface area contributed by atoms with Crippen LogP contribution in [0.5, 0.6) is 0 Å². The highest BCUT2D eigenvalue weighted by atomic mass is 79.9. The Morgan fingerprint density at radius 1 is 1.30 bits per heavy atom. The smallest absolute Gasteiger partial charge is 0.166 e. The van der Waals surface area contributed by atoms with Crippen LogP contribution in [-0.4, -0.2) is 25.7 Å². The Labute approximate surface area is 127 Å². The van der Waals surface area contributed by atoms with E-state index in [4.69, 9.17) is 5.73 Å². The fourth-order valence-electron chi connectivity index (χ4n) is 2.76. The zero-order valence-corrected chi connectivity index (χ0v) is 13.7. The van der Waals surface area contributed by atoms with Gasteiger partial charge in [0.05, 0.1) is 5.25 Å². The number of nitrogens with two attached hydrogens (primary N) is 1. The van der Waals surface area contributed by atoms with E-state index in [1.807, 2.05) is 0 Å². The largest absolute Gasteiger partial charge is 0.399 e. The number of carbonyl (C=O) groups excluding carboxylic acids is 1. The van der Waals surface area contributed by atoms with Gasteiger partial charge in [-0.15, -0.1) is 0 Å². The summed E-state index contributed by atoms with van der Waals surface area (Å²) in [4.78, 5) is 12.5.